The molecule has 0 spiro atoms. The van der Waals surface area contributed by atoms with E-state index < -0.39 is 0 Å². The van der Waals surface area contributed by atoms with Gasteiger partial charge in [-0.1, -0.05) is 20.8 Å². The van der Waals surface area contributed by atoms with Gasteiger partial charge in [0, 0.05) is 5.54 Å². The number of rotatable bonds is 3. The molecule has 0 aliphatic rings. The molecule has 3 nitrogen and oxygen atoms in total. The molecule has 4 heteroatoms. The van der Waals surface area contributed by atoms with Crippen molar-refractivity contribution < 1.29 is 4.79 Å². The van der Waals surface area contributed by atoms with E-state index in [1.165, 1.54) is 11.3 Å². The van der Waals surface area contributed by atoms with Gasteiger partial charge in [-0.2, -0.15) is 0 Å². The summed E-state index contributed by atoms with van der Waals surface area (Å²) in [6, 6.07) is 0. The molecule has 0 saturated carbocycles. The molecule has 0 aromatic carbocycles. The van der Waals surface area contributed by atoms with Crippen LogP contribution in [-0.4, -0.2) is 16.4 Å². The molecule has 1 amide bonds. The van der Waals surface area contributed by atoms with Crippen LogP contribution in [0.2, 0.25) is 0 Å². The number of nitrogens with zero attached hydrogens (tertiary/aromatic N) is 1. The quantitative estimate of drug-likeness (QED) is 0.898. The van der Waals surface area contributed by atoms with Gasteiger partial charge >= 0.3 is 0 Å². The monoisotopic (exact) mass is 254 g/mol. The summed E-state index contributed by atoms with van der Waals surface area (Å²) in [6.07, 6.45) is 0.934. The van der Waals surface area contributed by atoms with Crippen LogP contribution in [0.4, 0.5) is 0 Å². The average Bonchev–Trinajstić information content (AvgIpc) is 2.44. The van der Waals surface area contributed by atoms with Gasteiger partial charge in [-0.15, -0.1) is 11.3 Å². The fourth-order valence-electron chi connectivity index (χ4n) is 2.25. The summed E-state index contributed by atoms with van der Waals surface area (Å²) in [7, 11) is 0. The van der Waals surface area contributed by atoms with Crippen molar-refractivity contribution in [3.8, 4) is 0 Å². The minimum Gasteiger partial charge on any atom is -0.346 e. The molecule has 0 saturated heterocycles. The van der Waals surface area contributed by atoms with Crippen molar-refractivity contribution in [2.24, 2.45) is 5.41 Å². The standard InChI is InChI=1S/C13H22N2OS/c1-9-10(17-8-14-9)11(16)15-13(5,6)7-12(2,3)4/h8H,7H2,1-6H3,(H,15,16). The molecule has 0 fully saturated rings. The van der Waals surface area contributed by atoms with Crippen LogP contribution in [0, 0.1) is 12.3 Å². The van der Waals surface area contributed by atoms with Crippen molar-refractivity contribution in [2.45, 2.75) is 53.5 Å². The van der Waals surface area contributed by atoms with Crippen LogP contribution < -0.4 is 5.32 Å². The fourth-order valence-corrected chi connectivity index (χ4v) is 2.95. The second kappa shape index (κ2) is 4.77. The number of aryl methyl sites for hydroxylation is 1. The summed E-state index contributed by atoms with van der Waals surface area (Å²) in [5.74, 6) is -0.0146. The number of hydrogen-bond donors (Lipinski definition) is 1. The van der Waals surface area contributed by atoms with Gasteiger partial charge < -0.3 is 5.32 Å². The minimum absolute atomic E-state index is 0.0146. The Kier molecular flexibility index (Phi) is 3.97. The average molecular weight is 254 g/mol. The molecule has 96 valence electrons. The molecule has 1 aromatic rings. The number of aromatic nitrogens is 1. The molecule has 1 aromatic heterocycles. The molecule has 0 unspecified atom stereocenters. The van der Waals surface area contributed by atoms with Crippen LogP contribution >= 0.6 is 11.3 Å². The van der Waals surface area contributed by atoms with Crippen molar-refractivity contribution in [3.63, 3.8) is 0 Å². The SMILES string of the molecule is Cc1ncsc1C(=O)NC(C)(C)CC(C)(C)C. The molecule has 1 rings (SSSR count). The predicted octanol–water partition coefficient (Wildman–Crippen LogP) is 3.40. The van der Waals surface area contributed by atoms with Gasteiger partial charge in [-0.3, -0.25) is 4.79 Å². The second-order valence-corrected chi connectivity index (χ2v) is 7.20. The van der Waals surface area contributed by atoms with E-state index in [-0.39, 0.29) is 16.9 Å². The lowest BCUT2D eigenvalue weighted by molar-refractivity contribution is 0.0895. The van der Waals surface area contributed by atoms with Gasteiger partial charge in [-0.05, 0) is 32.6 Å². The lowest BCUT2D eigenvalue weighted by Crippen LogP contribution is -2.45. The lowest BCUT2D eigenvalue weighted by Gasteiger charge is -2.33. The Labute approximate surface area is 108 Å². The zero-order chi connectivity index (χ0) is 13.3. The van der Waals surface area contributed by atoms with Crippen molar-refractivity contribution in [2.75, 3.05) is 0 Å². The lowest BCUT2D eigenvalue weighted by atomic mass is 9.82. The highest BCUT2D eigenvalue weighted by Gasteiger charge is 2.28. The summed E-state index contributed by atoms with van der Waals surface area (Å²) in [6.45, 7) is 12.5. The van der Waals surface area contributed by atoms with E-state index >= 15 is 0 Å². The number of nitrogens with one attached hydrogen (secondary N) is 1. The summed E-state index contributed by atoms with van der Waals surface area (Å²) < 4.78 is 0. The van der Waals surface area contributed by atoms with E-state index in [4.69, 9.17) is 0 Å². The van der Waals surface area contributed by atoms with Crippen molar-refractivity contribution in [1.82, 2.24) is 10.3 Å². The third kappa shape index (κ3) is 4.46. The molecule has 0 bridgehead atoms. The maximum Gasteiger partial charge on any atom is 0.263 e. The molecule has 17 heavy (non-hydrogen) atoms. The number of carbonyl (C=O) groups is 1. The van der Waals surface area contributed by atoms with E-state index in [2.05, 4.69) is 44.9 Å². The van der Waals surface area contributed by atoms with Gasteiger partial charge in [-0.25, -0.2) is 4.98 Å². The van der Waals surface area contributed by atoms with Crippen molar-refractivity contribution in [1.29, 1.82) is 0 Å². The van der Waals surface area contributed by atoms with Gasteiger partial charge in [0.2, 0.25) is 0 Å². The summed E-state index contributed by atoms with van der Waals surface area (Å²) in [5.41, 5.74) is 2.51. The first-order valence-corrected chi connectivity index (χ1v) is 6.71. The van der Waals surface area contributed by atoms with Crippen molar-refractivity contribution in [3.05, 3.63) is 16.1 Å². The predicted molar refractivity (Wildman–Crippen MR) is 72.5 cm³/mol. The normalized spacial score (nSPS) is 12.6. The Morgan fingerprint density at radius 2 is 1.94 bits per heavy atom. The third-order valence-corrected chi connectivity index (χ3v) is 3.30. The second-order valence-electron chi connectivity index (χ2n) is 6.34. The largest absolute Gasteiger partial charge is 0.346 e. The highest BCUT2D eigenvalue weighted by atomic mass is 32.1. The molecule has 0 atom stereocenters. The Balaban J connectivity index is 2.72. The van der Waals surface area contributed by atoms with Crippen LogP contribution in [-0.2, 0) is 0 Å². The fraction of sp³-hybridized carbons (Fsp3) is 0.692. The van der Waals surface area contributed by atoms with Crippen LogP contribution in [0.15, 0.2) is 5.51 Å². The van der Waals surface area contributed by atoms with E-state index in [0.717, 1.165) is 12.1 Å². The van der Waals surface area contributed by atoms with Crippen LogP contribution in [0.25, 0.3) is 0 Å². The van der Waals surface area contributed by atoms with Gasteiger partial charge in [0.25, 0.3) is 5.91 Å². The Morgan fingerprint density at radius 1 is 1.35 bits per heavy atom. The maximum absolute atomic E-state index is 12.1. The Hall–Kier alpha value is -0.900. The third-order valence-electron chi connectivity index (χ3n) is 2.38. The Morgan fingerprint density at radius 3 is 2.35 bits per heavy atom. The zero-order valence-corrected chi connectivity index (χ0v) is 12.4. The first-order valence-electron chi connectivity index (χ1n) is 5.83. The van der Waals surface area contributed by atoms with Crippen LogP contribution in [0.5, 0.6) is 0 Å². The van der Waals surface area contributed by atoms with E-state index in [1.54, 1.807) is 5.51 Å². The van der Waals surface area contributed by atoms with E-state index in [0.29, 0.717) is 4.88 Å². The summed E-state index contributed by atoms with van der Waals surface area (Å²) in [4.78, 5) is 16.9. The number of amides is 1. The molecule has 1 heterocycles. The molecule has 0 aliphatic carbocycles. The Bertz CT molecular complexity index is 402. The summed E-state index contributed by atoms with van der Waals surface area (Å²) in [5, 5.41) is 3.09. The van der Waals surface area contributed by atoms with Gasteiger partial charge in [0.05, 0.1) is 11.2 Å². The molecule has 0 radical (unpaired) electrons. The smallest absolute Gasteiger partial charge is 0.263 e. The van der Waals surface area contributed by atoms with Crippen LogP contribution in [0.3, 0.4) is 0 Å². The number of carbonyl (C=O) groups excluding carboxylic acids is 1. The van der Waals surface area contributed by atoms with Gasteiger partial charge in [0.15, 0.2) is 0 Å². The topological polar surface area (TPSA) is 42.0 Å². The first-order chi connectivity index (χ1) is 7.61. The summed E-state index contributed by atoms with van der Waals surface area (Å²) >= 11 is 1.39. The van der Waals surface area contributed by atoms with Crippen LogP contribution in [0.1, 0.15) is 56.4 Å². The molecule has 1 N–H and O–H groups in total. The highest BCUT2D eigenvalue weighted by Crippen LogP contribution is 2.27. The molecular weight excluding hydrogens is 232 g/mol. The molecular formula is C13H22N2OS. The molecule has 0 aliphatic heterocycles. The maximum atomic E-state index is 12.1. The van der Waals surface area contributed by atoms with Crippen molar-refractivity contribution >= 4 is 17.2 Å². The first kappa shape index (κ1) is 14.2. The minimum atomic E-state index is -0.203. The zero-order valence-electron chi connectivity index (χ0n) is 11.5. The number of hydrogen-bond acceptors (Lipinski definition) is 3. The number of thiazole rings is 1. The van der Waals surface area contributed by atoms with E-state index in [9.17, 15) is 4.79 Å². The van der Waals surface area contributed by atoms with E-state index in [1.807, 2.05) is 6.92 Å². The van der Waals surface area contributed by atoms with Gasteiger partial charge in [0.1, 0.15) is 4.88 Å². The highest BCUT2D eigenvalue weighted by molar-refractivity contribution is 7.11.